The monoisotopic (exact) mass is 212 g/mol. The van der Waals surface area contributed by atoms with E-state index in [0.717, 1.165) is 5.56 Å². The number of hydrogen-bond acceptors (Lipinski definition) is 3. The van der Waals surface area contributed by atoms with Gasteiger partial charge < -0.3 is 0 Å². The van der Waals surface area contributed by atoms with Crippen molar-refractivity contribution < 1.29 is 13.2 Å². The van der Waals surface area contributed by atoms with E-state index in [1.54, 1.807) is 12.1 Å². The zero-order valence-electron chi connectivity index (χ0n) is 8.15. The molecule has 0 spiro atoms. The van der Waals surface area contributed by atoms with Gasteiger partial charge in [0.1, 0.15) is 0 Å². The van der Waals surface area contributed by atoms with Crippen LogP contribution >= 0.6 is 0 Å². The molecule has 0 aliphatic rings. The first-order chi connectivity index (χ1) is 6.47. The highest BCUT2D eigenvalue weighted by molar-refractivity contribution is 8.06. The Morgan fingerprint density at radius 2 is 1.71 bits per heavy atom. The molecule has 0 unspecified atom stereocenters. The first-order valence-electron chi connectivity index (χ1n) is 4.31. The number of benzene rings is 1. The average Bonchev–Trinajstić information content (AvgIpc) is 2.18. The summed E-state index contributed by atoms with van der Waals surface area (Å²) >= 11 is 0. The summed E-state index contributed by atoms with van der Waals surface area (Å²) < 4.78 is 22.5. The Hall–Kier alpha value is -1.16. The maximum absolute atomic E-state index is 11.4. The van der Waals surface area contributed by atoms with Crippen molar-refractivity contribution in [1.82, 2.24) is 0 Å². The van der Waals surface area contributed by atoms with E-state index in [9.17, 15) is 13.2 Å². The van der Waals surface area contributed by atoms with Crippen LogP contribution in [0.5, 0.6) is 0 Å². The van der Waals surface area contributed by atoms with Crippen molar-refractivity contribution in [2.24, 2.45) is 0 Å². The van der Waals surface area contributed by atoms with E-state index in [2.05, 4.69) is 0 Å². The number of aryl methyl sites for hydroxylation is 1. The zero-order chi connectivity index (χ0) is 10.8. The Morgan fingerprint density at radius 1 is 1.21 bits per heavy atom. The van der Waals surface area contributed by atoms with Gasteiger partial charge in [-0.1, -0.05) is 36.8 Å². The first-order valence-corrected chi connectivity index (χ1v) is 5.96. The topological polar surface area (TPSA) is 51.2 Å². The highest BCUT2D eigenvalue weighted by Gasteiger charge is 2.20. The van der Waals surface area contributed by atoms with Crippen LogP contribution in [0.25, 0.3) is 0 Å². The number of carbonyl (C=O) groups excluding carboxylic acids is 1. The lowest BCUT2D eigenvalue weighted by Crippen LogP contribution is -2.16. The third kappa shape index (κ3) is 2.20. The fourth-order valence-corrected chi connectivity index (χ4v) is 1.76. The molecule has 0 atom stereocenters. The molecule has 0 saturated heterocycles. The smallest absolute Gasteiger partial charge is 0.276 e. The molecule has 1 aromatic rings. The van der Waals surface area contributed by atoms with Gasteiger partial charge in [0.15, 0.2) is 0 Å². The SMILES string of the molecule is CCS(=O)(=O)C(=O)c1ccc(C)cc1. The van der Waals surface area contributed by atoms with Crippen molar-refractivity contribution in [3.05, 3.63) is 35.4 Å². The molecule has 0 bridgehead atoms. The second kappa shape index (κ2) is 3.92. The molecule has 1 rings (SSSR count). The van der Waals surface area contributed by atoms with E-state index in [4.69, 9.17) is 0 Å². The Labute approximate surface area is 83.7 Å². The van der Waals surface area contributed by atoms with Crippen molar-refractivity contribution in [2.75, 3.05) is 5.75 Å². The number of hydrogen-bond donors (Lipinski definition) is 0. The molecule has 0 aliphatic heterocycles. The number of rotatable bonds is 2. The molecule has 0 N–H and O–H groups in total. The second-order valence-electron chi connectivity index (χ2n) is 3.06. The molecular weight excluding hydrogens is 200 g/mol. The lowest BCUT2D eigenvalue weighted by atomic mass is 10.2. The van der Waals surface area contributed by atoms with Gasteiger partial charge in [0.05, 0.1) is 5.75 Å². The van der Waals surface area contributed by atoms with E-state index in [1.165, 1.54) is 19.1 Å². The quantitative estimate of drug-likeness (QED) is 0.747. The molecule has 0 saturated carbocycles. The Balaban J connectivity index is 3.08. The van der Waals surface area contributed by atoms with E-state index >= 15 is 0 Å². The maximum Gasteiger partial charge on any atom is 0.276 e. The van der Waals surface area contributed by atoms with E-state index < -0.39 is 15.0 Å². The van der Waals surface area contributed by atoms with Gasteiger partial charge in [-0.05, 0) is 6.92 Å². The summed E-state index contributed by atoms with van der Waals surface area (Å²) in [4.78, 5) is 11.4. The van der Waals surface area contributed by atoms with Crippen LogP contribution in [-0.2, 0) is 9.84 Å². The maximum atomic E-state index is 11.4. The summed E-state index contributed by atoms with van der Waals surface area (Å²) in [5.41, 5.74) is 1.23. The lowest BCUT2D eigenvalue weighted by Gasteiger charge is -2.00. The largest absolute Gasteiger partial charge is 0.276 e. The van der Waals surface area contributed by atoms with Gasteiger partial charge in [-0.2, -0.15) is 0 Å². The summed E-state index contributed by atoms with van der Waals surface area (Å²) in [5, 5.41) is -0.792. The highest BCUT2D eigenvalue weighted by Crippen LogP contribution is 2.08. The van der Waals surface area contributed by atoms with Crippen LogP contribution in [0.2, 0.25) is 0 Å². The van der Waals surface area contributed by atoms with Crippen LogP contribution in [0.3, 0.4) is 0 Å². The molecule has 4 heteroatoms. The van der Waals surface area contributed by atoms with E-state index in [-0.39, 0.29) is 11.3 Å². The van der Waals surface area contributed by atoms with Crippen molar-refractivity contribution in [3.63, 3.8) is 0 Å². The van der Waals surface area contributed by atoms with Crippen LogP contribution < -0.4 is 0 Å². The minimum Gasteiger partial charge on any atom is -0.276 e. The predicted molar refractivity (Wildman–Crippen MR) is 55.0 cm³/mol. The predicted octanol–water partition coefficient (Wildman–Crippen LogP) is 1.57. The Kier molecular flexibility index (Phi) is 3.06. The fourth-order valence-electron chi connectivity index (χ4n) is 1.00. The van der Waals surface area contributed by atoms with E-state index in [0.29, 0.717) is 0 Å². The van der Waals surface area contributed by atoms with Gasteiger partial charge in [-0.3, -0.25) is 4.79 Å². The van der Waals surface area contributed by atoms with Crippen molar-refractivity contribution in [3.8, 4) is 0 Å². The van der Waals surface area contributed by atoms with Gasteiger partial charge in [0, 0.05) is 5.56 Å². The van der Waals surface area contributed by atoms with Crippen LogP contribution in [0.15, 0.2) is 24.3 Å². The number of carbonyl (C=O) groups is 1. The van der Waals surface area contributed by atoms with Crippen LogP contribution in [0, 0.1) is 6.92 Å². The second-order valence-corrected chi connectivity index (χ2v) is 5.23. The van der Waals surface area contributed by atoms with Gasteiger partial charge in [0.25, 0.3) is 5.12 Å². The summed E-state index contributed by atoms with van der Waals surface area (Å²) in [5.74, 6) is -0.153. The third-order valence-corrected chi connectivity index (χ3v) is 3.51. The summed E-state index contributed by atoms with van der Waals surface area (Å²) in [7, 11) is -3.60. The Bertz CT molecular complexity index is 429. The molecule has 0 amide bonds. The van der Waals surface area contributed by atoms with Crippen molar-refractivity contribution in [1.29, 1.82) is 0 Å². The minimum atomic E-state index is -3.60. The van der Waals surface area contributed by atoms with Gasteiger partial charge >= 0.3 is 0 Å². The molecular formula is C10H12O3S. The summed E-state index contributed by atoms with van der Waals surface area (Å²) in [6, 6.07) is 6.51. The van der Waals surface area contributed by atoms with Gasteiger partial charge in [-0.15, -0.1) is 0 Å². The van der Waals surface area contributed by atoms with Crippen molar-refractivity contribution in [2.45, 2.75) is 13.8 Å². The average molecular weight is 212 g/mol. The molecule has 3 nitrogen and oxygen atoms in total. The molecule has 0 fully saturated rings. The fraction of sp³-hybridized carbons (Fsp3) is 0.300. The zero-order valence-corrected chi connectivity index (χ0v) is 8.97. The van der Waals surface area contributed by atoms with E-state index in [1.807, 2.05) is 6.92 Å². The van der Waals surface area contributed by atoms with Gasteiger partial charge in [0.2, 0.25) is 9.84 Å². The summed E-state index contributed by atoms with van der Waals surface area (Å²) in [6.45, 7) is 3.34. The molecule has 14 heavy (non-hydrogen) atoms. The van der Waals surface area contributed by atoms with Gasteiger partial charge in [-0.25, -0.2) is 8.42 Å². The molecule has 0 aliphatic carbocycles. The molecule has 1 aromatic carbocycles. The Morgan fingerprint density at radius 3 is 2.14 bits per heavy atom. The molecule has 76 valence electrons. The minimum absolute atomic E-state index is 0.153. The molecule has 0 heterocycles. The van der Waals surface area contributed by atoms with Crippen LogP contribution in [0.4, 0.5) is 0 Å². The first kappa shape index (κ1) is 10.9. The van der Waals surface area contributed by atoms with Crippen molar-refractivity contribution >= 4 is 15.0 Å². The third-order valence-electron chi connectivity index (χ3n) is 1.95. The molecule has 0 radical (unpaired) electrons. The number of sulfone groups is 1. The molecule has 0 aromatic heterocycles. The lowest BCUT2D eigenvalue weighted by molar-refractivity contribution is 0.107. The summed E-state index contributed by atoms with van der Waals surface area (Å²) in [6.07, 6.45) is 0. The normalized spacial score (nSPS) is 11.3. The standard InChI is InChI=1S/C10H12O3S/c1-3-14(12,13)10(11)9-6-4-8(2)5-7-9/h4-7H,3H2,1-2H3. The highest BCUT2D eigenvalue weighted by atomic mass is 32.2. The van der Waals surface area contributed by atoms with Crippen LogP contribution in [0.1, 0.15) is 22.8 Å². The van der Waals surface area contributed by atoms with Crippen LogP contribution in [-0.4, -0.2) is 19.3 Å².